The summed E-state index contributed by atoms with van der Waals surface area (Å²) in [7, 11) is 1.55. The highest BCUT2D eigenvalue weighted by Gasteiger charge is 2.15. The molecule has 1 heterocycles. The average molecular weight is 193 g/mol. The van der Waals surface area contributed by atoms with Crippen LogP contribution in [0.1, 0.15) is 5.76 Å². The zero-order valence-corrected chi connectivity index (χ0v) is 7.78. The predicted molar refractivity (Wildman–Crippen MR) is 52.3 cm³/mol. The van der Waals surface area contributed by atoms with Gasteiger partial charge in [-0.25, -0.2) is 0 Å². The van der Waals surface area contributed by atoms with Crippen LogP contribution in [0, 0.1) is 0 Å². The van der Waals surface area contributed by atoms with Crippen molar-refractivity contribution in [1.82, 2.24) is 0 Å². The normalized spacial score (nSPS) is 10.7. The minimum atomic E-state index is 0.0977. The molecule has 2 rings (SSSR count). The molecule has 0 aliphatic carbocycles. The highest BCUT2D eigenvalue weighted by Crippen LogP contribution is 2.36. The van der Waals surface area contributed by atoms with Gasteiger partial charge >= 0.3 is 0 Å². The second-order valence-corrected chi connectivity index (χ2v) is 2.92. The average Bonchev–Trinajstić information content (AvgIpc) is 2.57. The standard InChI is InChI=1S/C10H11NO3/c1-13-10-6-3-2-4-7(12)9(6)14-8(10)5-11/h2-4,12H,5,11H2,1H3. The van der Waals surface area contributed by atoms with Gasteiger partial charge in [0.05, 0.1) is 19.0 Å². The van der Waals surface area contributed by atoms with Crippen LogP contribution in [0.2, 0.25) is 0 Å². The van der Waals surface area contributed by atoms with E-state index >= 15 is 0 Å². The van der Waals surface area contributed by atoms with Crippen LogP contribution in [0.15, 0.2) is 22.6 Å². The molecule has 0 amide bonds. The molecule has 0 atom stereocenters. The van der Waals surface area contributed by atoms with Crippen molar-refractivity contribution >= 4 is 11.0 Å². The van der Waals surface area contributed by atoms with Gasteiger partial charge in [-0.1, -0.05) is 6.07 Å². The van der Waals surface area contributed by atoms with Crippen molar-refractivity contribution in [3.05, 3.63) is 24.0 Å². The molecule has 0 spiro atoms. The van der Waals surface area contributed by atoms with Crippen LogP contribution < -0.4 is 10.5 Å². The Morgan fingerprint density at radius 3 is 2.93 bits per heavy atom. The van der Waals surface area contributed by atoms with Gasteiger partial charge in [-0.3, -0.25) is 0 Å². The molecule has 0 saturated heterocycles. The van der Waals surface area contributed by atoms with E-state index in [4.69, 9.17) is 14.9 Å². The SMILES string of the molecule is COc1c(CN)oc2c(O)cccc12. The molecular formula is C10H11NO3. The third-order valence-corrected chi connectivity index (χ3v) is 2.11. The number of phenolic OH excluding ortho intramolecular Hbond substituents is 1. The first-order chi connectivity index (χ1) is 6.77. The van der Waals surface area contributed by atoms with E-state index in [0.717, 1.165) is 5.39 Å². The quantitative estimate of drug-likeness (QED) is 0.760. The molecule has 0 bridgehead atoms. The summed E-state index contributed by atoms with van der Waals surface area (Å²) in [4.78, 5) is 0. The Hall–Kier alpha value is -1.68. The van der Waals surface area contributed by atoms with Gasteiger partial charge in [0.25, 0.3) is 0 Å². The molecule has 0 saturated carbocycles. The molecule has 4 nitrogen and oxygen atoms in total. The number of nitrogens with two attached hydrogens (primary N) is 1. The summed E-state index contributed by atoms with van der Waals surface area (Å²) in [6.07, 6.45) is 0. The highest BCUT2D eigenvalue weighted by atomic mass is 16.5. The third kappa shape index (κ3) is 1.12. The molecule has 3 N–H and O–H groups in total. The Labute approximate surface area is 80.9 Å². The number of aromatic hydroxyl groups is 1. The van der Waals surface area contributed by atoms with Gasteiger partial charge in [-0.05, 0) is 12.1 Å². The Morgan fingerprint density at radius 1 is 1.50 bits per heavy atom. The number of fused-ring (bicyclic) bond motifs is 1. The molecule has 0 unspecified atom stereocenters. The lowest BCUT2D eigenvalue weighted by Crippen LogP contribution is -1.96. The second-order valence-electron chi connectivity index (χ2n) is 2.92. The lowest BCUT2D eigenvalue weighted by molar-refractivity contribution is 0.395. The number of phenols is 1. The number of hydrogen-bond donors (Lipinski definition) is 2. The van der Waals surface area contributed by atoms with E-state index < -0.39 is 0 Å². The van der Waals surface area contributed by atoms with Gasteiger partial charge in [0.1, 0.15) is 0 Å². The number of methoxy groups -OCH3 is 1. The first-order valence-corrected chi connectivity index (χ1v) is 4.25. The van der Waals surface area contributed by atoms with Crippen molar-refractivity contribution in [2.24, 2.45) is 5.73 Å². The van der Waals surface area contributed by atoms with Gasteiger partial charge in [-0.15, -0.1) is 0 Å². The van der Waals surface area contributed by atoms with E-state index in [1.54, 1.807) is 19.2 Å². The zero-order valence-electron chi connectivity index (χ0n) is 7.78. The number of ether oxygens (including phenoxy) is 1. The van der Waals surface area contributed by atoms with Crippen LogP contribution in [0.4, 0.5) is 0 Å². The van der Waals surface area contributed by atoms with Crippen LogP contribution in [0.5, 0.6) is 11.5 Å². The van der Waals surface area contributed by atoms with Crippen LogP contribution in [0.25, 0.3) is 11.0 Å². The van der Waals surface area contributed by atoms with Gasteiger partial charge < -0.3 is 20.0 Å². The monoisotopic (exact) mass is 193 g/mol. The van der Waals surface area contributed by atoms with Crippen LogP contribution in [-0.4, -0.2) is 12.2 Å². The molecule has 1 aromatic carbocycles. The fourth-order valence-electron chi connectivity index (χ4n) is 1.49. The Kier molecular flexibility index (Phi) is 2.05. The largest absolute Gasteiger partial charge is 0.504 e. The van der Waals surface area contributed by atoms with Gasteiger partial charge in [-0.2, -0.15) is 0 Å². The van der Waals surface area contributed by atoms with Crippen molar-refractivity contribution in [2.45, 2.75) is 6.54 Å². The molecule has 0 fully saturated rings. The van der Waals surface area contributed by atoms with Crippen molar-refractivity contribution in [3.63, 3.8) is 0 Å². The van der Waals surface area contributed by atoms with E-state index in [-0.39, 0.29) is 12.3 Å². The molecule has 0 aliphatic heterocycles. The Balaban J connectivity index is 2.79. The van der Waals surface area contributed by atoms with Crippen LogP contribution in [0.3, 0.4) is 0 Å². The van der Waals surface area contributed by atoms with Gasteiger partial charge in [0.2, 0.25) is 0 Å². The Morgan fingerprint density at radius 2 is 2.29 bits per heavy atom. The molecule has 0 aliphatic rings. The second kappa shape index (κ2) is 3.23. The number of benzene rings is 1. The lowest BCUT2D eigenvalue weighted by atomic mass is 10.2. The van der Waals surface area contributed by atoms with Crippen LogP contribution >= 0.6 is 0 Å². The molecule has 1 aromatic heterocycles. The number of furan rings is 1. The highest BCUT2D eigenvalue weighted by molar-refractivity contribution is 5.89. The smallest absolute Gasteiger partial charge is 0.179 e. The van der Waals surface area contributed by atoms with E-state index in [2.05, 4.69) is 0 Å². The minimum absolute atomic E-state index is 0.0977. The van der Waals surface area contributed by atoms with Crippen molar-refractivity contribution < 1.29 is 14.3 Å². The molecule has 0 radical (unpaired) electrons. The van der Waals surface area contributed by atoms with E-state index in [1.807, 2.05) is 6.07 Å². The molecular weight excluding hydrogens is 182 g/mol. The lowest BCUT2D eigenvalue weighted by Gasteiger charge is -1.97. The molecule has 4 heteroatoms. The molecule has 2 aromatic rings. The molecule has 74 valence electrons. The van der Waals surface area contributed by atoms with Gasteiger partial charge in [0.15, 0.2) is 22.8 Å². The van der Waals surface area contributed by atoms with E-state index in [0.29, 0.717) is 17.1 Å². The summed E-state index contributed by atoms with van der Waals surface area (Å²) in [5, 5.41) is 10.3. The van der Waals surface area contributed by atoms with Crippen molar-refractivity contribution in [2.75, 3.05) is 7.11 Å². The maximum atomic E-state index is 9.51. The summed E-state index contributed by atoms with van der Waals surface area (Å²) in [6.45, 7) is 0.247. The fourth-order valence-corrected chi connectivity index (χ4v) is 1.49. The summed E-state index contributed by atoms with van der Waals surface area (Å²) >= 11 is 0. The Bertz CT molecular complexity index is 462. The summed E-state index contributed by atoms with van der Waals surface area (Å²) in [5.41, 5.74) is 5.91. The third-order valence-electron chi connectivity index (χ3n) is 2.11. The molecule has 14 heavy (non-hydrogen) atoms. The van der Waals surface area contributed by atoms with Crippen LogP contribution in [-0.2, 0) is 6.54 Å². The number of hydrogen-bond acceptors (Lipinski definition) is 4. The first-order valence-electron chi connectivity index (χ1n) is 4.25. The van der Waals surface area contributed by atoms with Gasteiger partial charge in [0, 0.05) is 0 Å². The predicted octanol–water partition coefficient (Wildman–Crippen LogP) is 1.61. The maximum absolute atomic E-state index is 9.51. The maximum Gasteiger partial charge on any atom is 0.179 e. The summed E-state index contributed by atoms with van der Waals surface area (Å²) in [5.74, 6) is 1.24. The summed E-state index contributed by atoms with van der Waals surface area (Å²) in [6, 6.07) is 5.11. The summed E-state index contributed by atoms with van der Waals surface area (Å²) < 4.78 is 10.5. The fraction of sp³-hybridized carbons (Fsp3) is 0.200. The van der Waals surface area contributed by atoms with Crippen molar-refractivity contribution in [1.29, 1.82) is 0 Å². The minimum Gasteiger partial charge on any atom is -0.504 e. The number of para-hydroxylation sites is 1. The zero-order chi connectivity index (χ0) is 10.1. The van der Waals surface area contributed by atoms with E-state index in [1.165, 1.54) is 0 Å². The first kappa shape index (κ1) is 8.90. The van der Waals surface area contributed by atoms with E-state index in [9.17, 15) is 5.11 Å². The van der Waals surface area contributed by atoms with Crippen molar-refractivity contribution in [3.8, 4) is 11.5 Å². The number of rotatable bonds is 2. The topological polar surface area (TPSA) is 68.6 Å².